The highest BCUT2D eigenvalue weighted by molar-refractivity contribution is 5.31. The van der Waals surface area contributed by atoms with Crippen molar-refractivity contribution in [3.63, 3.8) is 0 Å². The van der Waals surface area contributed by atoms with E-state index in [9.17, 15) is 0 Å². The van der Waals surface area contributed by atoms with Crippen molar-refractivity contribution >= 4 is 0 Å². The second-order valence-corrected chi connectivity index (χ2v) is 7.59. The van der Waals surface area contributed by atoms with Gasteiger partial charge in [0, 0.05) is 5.41 Å². The fraction of sp³-hybridized carbons (Fsp3) is 0.684. The molecule has 1 aromatic carbocycles. The SMILES string of the molecule is CCC1(c2ccccc2)CCC(C)C(C)(C)C1(C)C. The van der Waals surface area contributed by atoms with Crippen LogP contribution in [0.4, 0.5) is 0 Å². The predicted molar refractivity (Wildman–Crippen MR) is 84.4 cm³/mol. The molecule has 0 N–H and O–H groups in total. The second-order valence-electron chi connectivity index (χ2n) is 7.59. The average molecular weight is 258 g/mol. The van der Waals surface area contributed by atoms with Gasteiger partial charge in [-0.15, -0.1) is 0 Å². The van der Waals surface area contributed by atoms with Crippen LogP contribution in [0, 0.1) is 16.7 Å². The number of rotatable bonds is 2. The molecule has 19 heavy (non-hydrogen) atoms. The highest BCUT2D eigenvalue weighted by atomic mass is 14.6. The third kappa shape index (κ3) is 1.87. The van der Waals surface area contributed by atoms with Crippen LogP contribution in [0.15, 0.2) is 30.3 Å². The van der Waals surface area contributed by atoms with E-state index in [-0.39, 0.29) is 0 Å². The lowest BCUT2D eigenvalue weighted by atomic mass is 9.42. The van der Waals surface area contributed by atoms with Crippen molar-refractivity contribution in [2.45, 2.75) is 66.2 Å². The minimum Gasteiger partial charge on any atom is -0.0645 e. The largest absolute Gasteiger partial charge is 0.0645 e. The standard InChI is InChI=1S/C19H30/c1-7-19(16-11-9-8-10-12-16)14-13-15(2)17(3,4)18(19,5)6/h8-12,15H,7,13-14H2,1-6H3. The van der Waals surface area contributed by atoms with Crippen LogP contribution in [0.25, 0.3) is 0 Å². The first kappa shape index (κ1) is 14.6. The Balaban J connectivity index is 2.58. The summed E-state index contributed by atoms with van der Waals surface area (Å²) in [4.78, 5) is 0. The lowest BCUT2D eigenvalue weighted by Gasteiger charge is -2.62. The summed E-state index contributed by atoms with van der Waals surface area (Å²) in [5, 5.41) is 0. The molecule has 0 heterocycles. The van der Waals surface area contributed by atoms with Crippen molar-refractivity contribution in [2.75, 3.05) is 0 Å². The Kier molecular flexibility index (Phi) is 3.58. The van der Waals surface area contributed by atoms with E-state index >= 15 is 0 Å². The van der Waals surface area contributed by atoms with Crippen molar-refractivity contribution in [3.8, 4) is 0 Å². The van der Waals surface area contributed by atoms with E-state index in [1.807, 2.05) is 0 Å². The van der Waals surface area contributed by atoms with Gasteiger partial charge in [-0.05, 0) is 41.6 Å². The van der Waals surface area contributed by atoms with Crippen molar-refractivity contribution < 1.29 is 0 Å². The number of hydrogen-bond acceptors (Lipinski definition) is 0. The van der Waals surface area contributed by atoms with Crippen molar-refractivity contribution in [1.29, 1.82) is 0 Å². The molecular formula is C19H30. The monoisotopic (exact) mass is 258 g/mol. The van der Waals surface area contributed by atoms with Gasteiger partial charge >= 0.3 is 0 Å². The molecule has 2 rings (SSSR count). The molecule has 0 nitrogen and oxygen atoms in total. The summed E-state index contributed by atoms with van der Waals surface area (Å²) in [5.41, 5.74) is 2.55. The van der Waals surface area contributed by atoms with Gasteiger partial charge in [0.05, 0.1) is 0 Å². The molecule has 1 saturated carbocycles. The Bertz CT molecular complexity index is 427. The Morgan fingerprint density at radius 3 is 2.16 bits per heavy atom. The second kappa shape index (κ2) is 4.65. The van der Waals surface area contributed by atoms with Gasteiger partial charge in [-0.3, -0.25) is 0 Å². The maximum absolute atomic E-state index is 2.50. The molecule has 1 aliphatic carbocycles. The molecule has 1 aromatic rings. The van der Waals surface area contributed by atoms with Gasteiger partial charge in [0.1, 0.15) is 0 Å². The van der Waals surface area contributed by atoms with E-state index in [0.717, 1.165) is 5.92 Å². The highest BCUT2D eigenvalue weighted by Crippen LogP contribution is 2.63. The minimum atomic E-state index is 0.313. The van der Waals surface area contributed by atoms with Crippen molar-refractivity contribution in [3.05, 3.63) is 35.9 Å². The Morgan fingerprint density at radius 1 is 1.05 bits per heavy atom. The summed E-state index contributed by atoms with van der Waals surface area (Å²) in [6, 6.07) is 11.2. The summed E-state index contributed by atoms with van der Waals surface area (Å²) >= 11 is 0. The maximum Gasteiger partial charge on any atom is 0.000678 e. The van der Waals surface area contributed by atoms with Crippen LogP contribution < -0.4 is 0 Å². The number of benzene rings is 1. The zero-order chi connectivity index (χ0) is 14.3. The van der Waals surface area contributed by atoms with Crippen LogP contribution in [0.1, 0.15) is 66.4 Å². The Labute approximate surface area is 119 Å². The Hall–Kier alpha value is -0.780. The van der Waals surface area contributed by atoms with E-state index in [1.165, 1.54) is 19.3 Å². The first-order chi connectivity index (χ1) is 8.79. The summed E-state index contributed by atoms with van der Waals surface area (Å²) in [6.45, 7) is 14.8. The van der Waals surface area contributed by atoms with Crippen LogP contribution in [0.5, 0.6) is 0 Å². The van der Waals surface area contributed by atoms with Crippen LogP contribution in [-0.2, 0) is 5.41 Å². The molecule has 0 heteroatoms. The highest BCUT2D eigenvalue weighted by Gasteiger charge is 2.57. The van der Waals surface area contributed by atoms with Crippen LogP contribution >= 0.6 is 0 Å². The lowest BCUT2D eigenvalue weighted by molar-refractivity contribution is -0.0761. The molecular weight excluding hydrogens is 228 g/mol. The molecule has 0 saturated heterocycles. The predicted octanol–water partition coefficient (Wildman–Crippen LogP) is 5.82. The smallest absolute Gasteiger partial charge is 0.000678 e. The van der Waals surface area contributed by atoms with Gasteiger partial charge in [0.15, 0.2) is 0 Å². The fourth-order valence-corrected chi connectivity index (χ4v) is 4.45. The molecule has 1 fully saturated rings. The van der Waals surface area contributed by atoms with Crippen LogP contribution in [0.3, 0.4) is 0 Å². The van der Waals surface area contributed by atoms with Gasteiger partial charge in [-0.2, -0.15) is 0 Å². The molecule has 0 spiro atoms. The van der Waals surface area contributed by atoms with Gasteiger partial charge in [0.25, 0.3) is 0 Å². The molecule has 1 aliphatic rings. The first-order valence-corrected chi connectivity index (χ1v) is 7.85. The molecule has 0 amide bonds. The summed E-state index contributed by atoms with van der Waals surface area (Å²) < 4.78 is 0. The summed E-state index contributed by atoms with van der Waals surface area (Å²) in [5.74, 6) is 0.797. The summed E-state index contributed by atoms with van der Waals surface area (Å²) in [7, 11) is 0. The molecule has 106 valence electrons. The molecule has 0 aromatic heterocycles. The minimum absolute atomic E-state index is 0.313. The summed E-state index contributed by atoms with van der Waals surface area (Å²) in [6.07, 6.45) is 3.91. The van der Waals surface area contributed by atoms with Crippen LogP contribution in [0.2, 0.25) is 0 Å². The third-order valence-electron chi connectivity index (χ3n) is 6.97. The number of hydrogen-bond donors (Lipinski definition) is 0. The van der Waals surface area contributed by atoms with Gasteiger partial charge in [0.2, 0.25) is 0 Å². The van der Waals surface area contributed by atoms with E-state index in [2.05, 4.69) is 71.9 Å². The zero-order valence-corrected chi connectivity index (χ0v) is 13.6. The molecule has 0 bridgehead atoms. The van der Waals surface area contributed by atoms with Crippen molar-refractivity contribution in [1.82, 2.24) is 0 Å². The van der Waals surface area contributed by atoms with Gasteiger partial charge in [-0.25, -0.2) is 0 Å². The quantitative estimate of drug-likeness (QED) is 0.627. The molecule has 0 aliphatic heterocycles. The topological polar surface area (TPSA) is 0 Å². The average Bonchev–Trinajstić information content (AvgIpc) is 2.39. The Morgan fingerprint density at radius 2 is 1.63 bits per heavy atom. The first-order valence-electron chi connectivity index (χ1n) is 7.85. The van der Waals surface area contributed by atoms with Crippen LogP contribution in [-0.4, -0.2) is 0 Å². The molecule has 2 atom stereocenters. The van der Waals surface area contributed by atoms with E-state index < -0.39 is 0 Å². The zero-order valence-electron chi connectivity index (χ0n) is 13.6. The lowest BCUT2D eigenvalue weighted by Crippen LogP contribution is -2.56. The molecule has 0 radical (unpaired) electrons. The molecule has 2 unspecified atom stereocenters. The fourth-order valence-electron chi connectivity index (χ4n) is 4.45. The maximum atomic E-state index is 2.50. The van der Waals surface area contributed by atoms with E-state index in [0.29, 0.717) is 16.2 Å². The van der Waals surface area contributed by atoms with Crippen molar-refractivity contribution in [2.24, 2.45) is 16.7 Å². The normalized spacial score (nSPS) is 33.1. The van der Waals surface area contributed by atoms with Gasteiger partial charge in [-0.1, -0.05) is 71.9 Å². The van der Waals surface area contributed by atoms with E-state index in [1.54, 1.807) is 5.56 Å². The third-order valence-corrected chi connectivity index (χ3v) is 6.97. The van der Waals surface area contributed by atoms with Gasteiger partial charge < -0.3 is 0 Å². The van der Waals surface area contributed by atoms with E-state index in [4.69, 9.17) is 0 Å².